The number of piperazine rings is 1. The third-order valence-corrected chi connectivity index (χ3v) is 6.17. The first-order valence-electron chi connectivity index (χ1n) is 11.4. The van der Waals surface area contributed by atoms with Crippen molar-refractivity contribution in [3.05, 3.63) is 35.4 Å². The molecule has 3 rings (SSSR count). The second kappa shape index (κ2) is 10.8. The molecule has 0 aromatic heterocycles. The Kier molecular flexibility index (Phi) is 8.10. The van der Waals surface area contributed by atoms with Gasteiger partial charge in [-0.25, -0.2) is 0 Å². The van der Waals surface area contributed by atoms with Crippen LogP contribution in [0.2, 0.25) is 0 Å². The summed E-state index contributed by atoms with van der Waals surface area (Å²) in [4.78, 5) is 29.1. The van der Waals surface area contributed by atoms with Crippen LogP contribution in [-0.4, -0.2) is 60.9 Å². The Morgan fingerprint density at radius 1 is 1.00 bits per heavy atom. The summed E-state index contributed by atoms with van der Waals surface area (Å²) >= 11 is 0. The second-order valence-electron chi connectivity index (χ2n) is 9.09. The third-order valence-electron chi connectivity index (χ3n) is 6.17. The second-order valence-corrected chi connectivity index (χ2v) is 9.09. The van der Waals surface area contributed by atoms with Crippen molar-refractivity contribution in [2.75, 3.05) is 39.3 Å². The van der Waals surface area contributed by atoms with Crippen LogP contribution in [0.4, 0.5) is 0 Å². The summed E-state index contributed by atoms with van der Waals surface area (Å²) in [6.45, 7) is 9.42. The molecule has 2 fully saturated rings. The van der Waals surface area contributed by atoms with Gasteiger partial charge < -0.3 is 10.2 Å². The van der Waals surface area contributed by atoms with E-state index in [0.717, 1.165) is 57.5 Å². The summed E-state index contributed by atoms with van der Waals surface area (Å²) in [6, 6.07) is 8.40. The smallest absolute Gasteiger partial charge is 0.225 e. The number of amides is 2. The zero-order chi connectivity index (χ0) is 20.6. The lowest BCUT2D eigenvalue weighted by Crippen LogP contribution is -2.51. The maximum atomic E-state index is 12.5. The molecule has 1 aromatic carbocycles. The molecule has 1 aromatic rings. The van der Waals surface area contributed by atoms with Gasteiger partial charge in [0.2, 0.25) is 11.8 Å². The predicted molar refractivity (Wildman–Crippen MR) is 117 cm³/mol. The zero-order valence-electron chi connectivity index (χ0n) is 18.2. The van der Waals surface area contributed by atoms with E-state index in [4.69, 9.17) is 0 Å². The molecule has 1 heterocycles. The average Bonchev–Trinajstić information content (AvgIpc) is 3.24. The van der Waals surface area contributed by atoms with Gasteiger partial charge in [-0.3, -0.25) is 14.5 Å². The monoisotopic (exact) mass is 399 g/mol. The molecule has 1 N–H and O–H groups in total. The van der Waals surface area contributed by atoms with Crippen molar-refractivity contribution in [1.82, 2.24) is 15.1 Å². The highest BCUT2D eigenvalue weighted by Gasteiger charge is 2.29. The van der Waals surface area contributed by atoms with E-state index < -0.39 is 0 Å². The van der Waals surface area contributed by atoms with E-state index in [1.807, 2.05) is 4.90 Å². The average molecular weight is 400 g/mol. The molecule has 0 atom stereocenters. The van der Waals surface area contributed by atoms with Gasteiger partial charge in [0.1, 0.15) is 0 Å². The van der Waals surface area contributed by atoms with Crippen LogP contribution in [0.3, 0.4) is 0 Å². The minimum Gasteiger partial charge on any atom is -0.355 e. The van der Waals surface area contributed by atoms with Crippen molar-refractivity contribution < 1.29 is 9.59 Å². The fourth-order valence-electron chi connectivity index (χ4n) is 4.49. The maximum Gasteiger partial charge on any atom is 0.225 e. The summed E-state index contributed by atoms with van der Waals surface area (Å²) < 4.78 is 0. The van der Waals surface area contributed by atoms with Crippen LogP contribution in [0.1, 0.15) is 50.7 Å². The number of carbonyl (C=O) groups excluding carboxylic acids is 2. The molecule has 1 aliphatic carbocycles. The number of carbonyl (C=O) groups is 2. The van der Waals surface area contributed by atoms with Crippen LogP contribution >= 0.6 is 0 Å². The van der Waals surface area contributed by atoms with Gasteiger partial charge in [0.05, 0.1) is 6.42 Å². The van der Waals surface area contributed by atoms with Crippen molar-refractivity contribution in [1.29, 1.82) is 0 Å². The topological polar surface area (TPSA) is 52.7 Å². The van der Waals surface area contributed by atoms with Crippen molar-refractivity contribution in [3.8, 4) is 0 Å². The number of nitrogens with zero attached hydrogens (tertiary/aromatic N) is 2. The Bertz CT molecular complexity index is 657. The standard InChI is InChI=1S/C24H37N3O2/c1-19(2)17-20-7-9-21(10-8-20)18-23(28)25-11-12-26-13-15-27(16-14-26)24(29)22-5-3-4-6-22/h7-10,19,22H,3-6,11-18H2,1-2H3,(H,25,28). The number of hydrogen-bond donors (Lipinski definition) is 1. The van der Waals surface area contributed by atoms with Gasteiger partial charge in [-0.2, -0.15) is 0 Å². The molecule has 160 valence electrons. The number of benzene rings is 1. The Balaban J connectivity index is 1.31. The first-order chi connectivity index (χ1) is 14.0. The van der Waals surface area contributed by atoms with E-state index >= 15 is 0 Å². The van der Waals surface area contributed by atoms with Crippen molar-refractivity contribution in [2.45, 2.75) is 52.4 Å². The third kappa shape index (κ3) is 6.84. The van der Waals surface area contributed by atoms with Gasteiger partial charge in [-0.15, -0.1) is 0 Å². The molecule has 1 saturated heterocycles. The predicted octanol–water partition coefficient (Wildman–Crippen LogP) is 2.88. The molecule has 29 heavy (non-hydrogen) atoms. The molecule has 0 radical (unpaired) electrons. The van der Waals surface area contributed by atoms with E-state index in [0.29, 0.717) is 24.8 Å². The Hall–Kier alpha value is -1.88. The molecule has 5 heteroatoms. The van der Waals surface area contributed by atoms with Crippen LogP contribution in [-0.2, 0) is 22.4 Å². The van der Waals surface area contributed by atoms with E-state index in [-0.39, 0.29) is 11.8 Å². The van der Waals surface area contributed by atoms with Gasteiger partial charge in [0.15, 0.2) is 0 Å². The highest BCUT2D eigenvalue weighted by Crippen LogP contribution is 2.26. The SMILES string of the molecule is CC(C)Cc1ccc(CC(=O)NCCN2CCN(C(=O)C3CCCC3)CC2)cc1. The summed E-state index contributed by atoms with van der Waals surface area (Å²) in [5.74, 6) is 1.37. The molecular weight excluding hydrogens is 362 g/mol. The molecule has 5 nitrogen and oxygen atoms in total. The van der Waals surface area contributed by atoms with Crippen LogP contribution in [0.15, 0.2) is 24.3 Å². The Morgan fingerprint density at radius 3 is 2.24 bits per heavy atom. The first kappa shape index (κ1) is 21.8. The zero-order valence-corrected chi connectivity index (χ0v) is 18.2. The van der Waals surface area contributed by atoms with Crippen molar-refractivity contribution >= 4 is 11.8 Å². The van der Waals surface area contributed by atoms with Gasteiger partial charge in [-0.05, 0) is 36.3 Å². The van der Waals surface area contributed by atoms with Gasteiger partial charge in [0.25, 0.3) is 0 Å². The molecular formula is C24H37N3O2. The lowest BCUT2D eigenvalue weighted by atomic mass is 10.0. The number of rotatable bonds is 8. The van der Waals surface area contributed by atoms with Crippen LogP contribution in [0.5, 0.6) is 0 Å². The molecule has 2 amide bonds. The summed E-state index contributed by atoms with van der Waals surface area (Å²) in [5.41, 5.74) is 2.39. The summed E-state index contributed by atoms with van der Waals surface area (Å²) in [7, 11) is 0. The quantitative estimate of drug-likeness (QED) is 0.731. The maximum absolute atomic E-state index is 12.5. The Labute approximate surface area is 175 Å². The molecule has 1 aliphatic heterocycles. The normalized spacial score (nSPS) is 18.4. The lowest BCUT2D eigenvalue weighted by molar-refractivity contribution is -0.137. The molecule has 2 aliphatic rings. The minimum atomic E-state index is 0.0802. The van der Waals surface area contributed by atoms with Crippen LogP contribution < -0.4 is 5.32 Å². The number of hydrogen-bond acceptors (Lipinski definition) is 3. The van der Waals surface area contributed by atoms with Gasteiger partial charge in [0, 0.05) is 45.2 Å². The minimum absolute atomic E-state index is 0.0802. The number of nitrogens with one attached hydrogen (secondary N) is 1. The van der Waals surface area contributed by atoms with E-state index in [1.54, 1.807) is 0 Å². The first-order valence-corrected chi connectivity index (χ1v) is 11.4. The molecule has 0 spiro atoms. The largest absolute Gasteiger partial charge is 0.355 e. The summed E-state index contributed by atoms with van der Waals surface area (Å²) in [5, 5.41) is 3.04. The highest BCUT2D eigenvalue weighted by atomic mass is 16.2. The molecule has 1 saturated carbocycles. The van der Waals surface area contributed by atoms with Crippen LogP contribution in [0.25, 0.3) is 0 Å². The van der Waals surface area contributed by atoms with Crippen molar-refractivity contribution in [3.63, 3.8) is 0 Å². The molecule has 0 unspecified atom stereocenters. The van der Waals surface area contributed by atoms with Gasteiger partial charge >= 0.3 is 0 Å². The van der Waals surface area contributed by atoms with Crippen LogP contribution in [0, 0.1) is 11.8 Å². The van der Waals surface area contributed by atoms with E-state index in [2.05, 4.69) is 48.3 Å². The van der Waals surface area contributed by atoms with Gasteiger partial charge in [-0.1, -0.05) is 51.0 Å². The fraction of sp³-hybridized carbons (Fsp3) is 0.667. The summed E-state index contributed by atoms with van der Waals surface area (Å²) in [6.07, 6.45) is 6.07. The Morgan fingerprint density at radius 2 is 1.62 bits per heavy atom. The fourth-order valence-corrected chi connectivity index (χ4v) is 4.49. The highest BCUT2D eigenvalue weighted by molar-refractivity contribution is 5.79. The van der Waals surface area contributed by atoms with E-state index in [9.17, 15) is 9.59 Å². The lowest BCUT2D eigenvalue weighted by Gasteiger charge is -2.36. The van der Waals surface area contributed by atoms with Crippen molar-refractivity contribution in [2.24, 2.45) is 11.8 Å². The van der Waals surface area contributed by atoms with E-state index in [1.165, 1.54) is 18.4 Å². The molecule has 0 bridgehead atoms.